The molecule has 1 saturated carbocycles. The van der Waals surface area contributed by atoms with E-state index >= 15 is 0 Å². The van der Waals surface area contributed by atoms with E-state index in [1.54, 1.807) is 6.20 Å². The van der Waals surface area contributed by atoms with Crippen LogP contribution in [-0.2, 0) is 0 Å². The molecule has 2 aromatic rings. The lowest BCUT2D eigenvalue weighted by Crippen LogP contribution is -2.39. The van der Waals surface area contributed by atoms with Crippen LogP contribution in [0.2, 0.25) is 0 Å². The zero-order valence-electron chi connectivity index (χ0n) is 13.4. The van der Waals surface area contributed by atoms with Crippen LogP contribution < -0.4 is 10.2 Å². The van der Waals surface area contributed by atoms with Gasteiger partial charge in [-0.2, -0.15) is 10.1 Å². The second-order valence-electron chi connectivity index (χ2n) is 6.47. The van der Waals surface area contributed by atoms with Crippen molar-refractivity contribution >= 4 is 5.82 Å². The van der Waals surface area contributed by atoms with Crippen molar-refractivity contribution in [3.05, 3.63) is 30.0 Å². The van der Waals surface area contributed by atoms with E-state index in [9.17, 15) is 0 Å². The quantitative estimate of drug-likeness (QED) is 0.874. The maximum absolute atomic E-state index is 5.39. The molecule has 23 heavy (non-hydrogen) atoms. The predicted molar refractivity (Wildman–Crippen MR) is 85.1 cm³/mol. The summed E-state index contributed by atoms with van der Waals surface area (Å²) in [5.74, 6) is 3.05. The van der Waals surface area contributed by atoms with Gasteiger partial charge >= 0.3 is 0 Å². The third-order valence-corrected chi connectivity index (χ3v) is 4.66. The van der Waals surface area contributed by atoms with Gasteiger partial charge in [0.1, 0.15) is 0 Å². The lowest BCUT2D eigenvalue weighted by Gasteiger charge is -2.26. The number of aromatic nitrogens is 4. The minimum absolute atomic E-state index is 0.0688. The highest BCUT2D eigenvalue weighted by atomic mass is 16.5. The smallest absolute Gasteiger partial charge is 0.243 e. The second-order valence-corrected chi connectivity index (χ2v) is 6.47. The van der Waals surface area contributed by atoms with Gasteiger partial charge in [-0.3, -0.25) is 0 Å². The Morgan fingerprint density at radius 2 is 2.30 bits per heavy atom. The molecule has 2 aromatic heterocycles. The van der Waals surface area contributed by atoms with E-state index in [4.69, 9.17) is 4.52 Å². The predicted octanol–water partition coefficient (Wildman–Crippen LogP) is 2.06. The summed E-state index contributed by atoms with van der Waals surface area (Å²) in [6, 6.07) is 4.46. The van der Waals surface area contributed by atoms with Gasteiger partial charge in [0.25, 0.3) is 0 Å². The highest BCUT2D eigenvalue weighted by Crippen LogP contribution is 2.38. The Labute approximate surface area is 135 Å². The molecule has 4 rings (SSSR count). The van der Waals surface area contributed by atoms with E-state index < -0.39 is 0 Å². The Balaban J connectivity index is 1.35. The van der Waals surface area contributed by atoms with Gasteiger partial charge in [-0.05, 0) is 44.7 Å². The minimum Gasteiger partial charge on any atom is -0.351 e. The molecule has 1 N–H and O–H groups in total. The molecule has 1 aliphatic heterocycles. The standard InChI is InChI=1S/C16H22N6O/c1-11(16-19-15(21-23-16)12-6-7-12)17-10-13-4-3-9-22(13)14-5-2-8-18-20-14/h2,5,8,11-13,17H,3-4,6-7,9-10H2,1H3/t11-,13+/m1/s1. The summed E-state index contributed by atoms with van der Waals surface area (Å²) >= 11 is 0. The lowest BCUT2D eigenvalue weighted by atomic mass is 10.2. The van der Waals surface area contributed by atoms with Gasteiger partial charge in [-0.25, -0.2) is 0 Å². The molecule has 0 amide bonds. The van der Waals surface area contributed by atoms with Crippen molar-refractivity contribution in [1.82, 2.24) is 25.7 Å². The first-order chi connectivity index (χ1) is 11.3. The van der Waals surface area contributed by atoms with E-state index in [1.807, 2.05) is 12.1 Å². The maximum atomic E-state index is 5.39. The summed E-state index contributed by atoms with van der Waals surface area (Å²) in [6.45, 7) is 3.98. The van der Waals surface area contributed by atoms with Crippen LogP contribution in [-0.4, -0.2) is 39.5 Å². The molecule has 2 fully saturated rings. The number of anilines is 1. The first-order valence-electron chi connectivity index (χ1n) is 8.42. The highest BCUT2D eigenvalue weighted by molar-refractivity contribution is 5.39. The van der Waals surface area contributed by atoms with Crippen molar-refractivity contribution in [2.45, 2.75) is 50.6 Å². The summed E-state index contributed by atoms with van der Waals surface area (Å²) in [7, 11) is 0. The van der Waals surface area contributed by atoms with E-state index in [2.05, 4.69) is 37.5 Å². The Hall–Kier alpha value is -2.02. The van der Waals surface area contributed by atoms with Crippen LogP contribution in [0.25, 0.3) is 0 Å². The van der Waals surface area contributed by atoms with Crippen molar-refractivity contribution in [3.63, 3.8) is 0 Å². The summed E-state index contributed by atoms with van der Waals surface area (Å²) in [5, 5.41) is 15.8. The van der Waals surface area contributed by atoms with Crippen LogP contribution in [0.4, 0.5) is 5.82 Å². The van der Waals surface area contributed by atoms with Crippen LogP contribution >= 0.6 is 0 Å². The minimum atomic E-state index is 0.0688. The number of nitrogens with one attached hydrogen (secondary N) is 1. The van der Waals surface area contributed by atoms with Gasteiger partial charge in [-0.15, -0.1) is 5.10 Å². The van der Waals surface area contributed by atoms with Crippen LogP contribution in [0.1, 0.15) is 56.3 Å². The fourth-order valence-corrected chi connectivity index (χ4v) is 3.13. The first-order valence-corrected chi connectivity index (χ1v) is 8.42. The second kappa shape index (κ2) is 6.23. The molecular formula is C16H22N6O. The molecule has 0 spiro atoms. The van der Waals surface area contributed by atoms with E-state index in [0.717, 1.165) is 31.2 Å². The fraction of sp³-hybridized carbons (Fsp3) is 0.625. The third kappa shape index (κ3) is 3.19. The summed E-state index contributed by atoms with van der Waals surface area (Å²) in [6.07, 6.45) is 6.44. The molecule has 0 radical (unpaired) electrons. The number of hydrogen-bond acceptors (Lipinski definition) is 7. The Bertz CT molecular complexity index is 641. The summed E-state index contributed by atoms with van der Waals surface area (Å²) < 4.78 is 5.39. The number of nitrogens with zero attached hydrogens (tertiary/aromatic N) is 5. The largest absolute Gasteiger partial charge is 0.351 e. The van der Waals surface area contributed by atoms with Crippen LogP contribution in [0.3, 0.4) is 0 Å². The molecule has 3 heterocycles. The number of hydrogen-bond donors (Lipinski definition) is 1. The molecule has 1 saturated heterocycles. The van der Waals surface area contributed by atoms with Crippen LogP contribution in [0.15, 0.2) is 22.9 Å². The molecule has 2 aliphatic rings. The molecule has 122 valence electrons. The molecule has 0 unspecified atom stereocenters. The zero-order valence-corrected chi connectivity index (χ0v) is 13.4. The van der Waals surface area contributed by atoms with Crippen LogP contribution in [0.5, 0.6) is 0 Å². The maximum Gasteiger partial charge on any atom is 0.243 e. The SMILES string of the molecule is C[C@@H](NC[C@@H]1CCCN1c1cccnn1)c1nc(C2CC2)no1. The van der Waals surface area contributed by atoms with Crippen molar-refractivity contribution in [3.8, 4) is 0 Å². The van der Waals surface area contributed by atoms with Crippen molar-refractivity contribution < 1.29 is 4.52 Å². The summed E-state index contributed by atoms with van der Waals surface area (Å²) in [4.78, 5) is 6.85. The van der Waals surface area contributed by atoms with Gasteiger partial charge < -0.3 is 14.7 Å². The third-order valence-electron chi connectivity index (χ3n) is 4.66. The van der Waals surface area contributed by atoms with Crippen molar-refractivity contribution in [2.75, 3.05) is 18.0 Å². The fourth-order valence-electron chi connectivity index (χ4n) is 3.13. The normalized spacial score (nSPS) is 22.5. The number of rotatable bonds is 6. The molecule has 2 atom stereocenters. The van der Waals surface area contributed by atoms with Gasteiger partial charge in [0.2, 0.25) is 5.89 Å². The van der Waals surface area contributed by atoms with E-state index in [1.165, 1.54) is 19.3 Å². The lowest BCUT2D eigenvalue weighted by molar-refractivity contribution is 0.333. The Morgan fingerprint density at radius 3 is 3.09 bits per heavy atom. The summed E-state index contributed by atoms with van der Waals surface area (Å²) in [5.41, 5.74) is 0. The van der Waals surface area contributed by atoms with E-state index in [-0.39, 0.29) is 6.04 Å². The Kier molecular flexibility index (Phi) is 3.95. The van der Waals surface area contributed by atoms with Gasteiger partial charge in [0.05, 0.1) is 6.04 Å². The van der Waals surface area contributed by atoms with Crippen molar-refractivity contribution in [1.29, 1.82) is 0 Å². The first kappa shape index (κ1) is 14.6. The van der Waals surface area contributed by atoms with Gasteiger partial charge in [0.15, 0.2) is 11.6 Å². The monoisotopic (exact) mass is 314 g/mol. The van der Waals surface area contributed by atoms with E-state index in [0.29, 0.717) is 17.9 Å². The zero-order chi connectivity index (χ0) is 15.6. The molecule has 0 aromatic carbocycles. The van der Waals surface area contributed by atoms with Crippen LogP contribution in [0, 0.1) is 0 Å². The van der Waals surface area contributed by atoms with Gasteiger partial charge in [0, 0.05) is 31.2 Å². The highest BCUT2D eigenvalue weighted by Gasteiger charge is 2.30. The average molecular weight is 314 g/mol. The van der Waals surface area contributed by atoms with Crippen molar-refractivity contribution in [2.24, 2.45) is 0 Å². The molecule has 7 nitrogen and oxygen atoms in total. The van der Waals surface area contributed by atoms with Gasteiger partial charge in [-0.1, -0.05) is 5.16 Å². The molecule has 1 aliphatic carbocycles. The molecule has 7 heteroatoms. The average Bonchev–Trinajstić information content (AvgIpc) is 3.14. The Morgan fingerprint density at radius 1 is 1.39 bits per heavy atom. The molecular weight excluding hydrogens is 292 g/mol. The molecule has 0 bridgehead atoms. The topological polar surface area (TPSA) is 80.0 Å².